The number of fused-ring (bicyclic) bond motifs is 2. The molecule has 6 nitrogen and oxygen atoms in total. The number of nitrogens with zero attached hydrogens (tertiary/aromatic N) is 4. The Kier molecular flexibility index (Phi) is 3.67. The number of carbonyl (C=O) groups excluding carboxylic acids is 1. The fourth-order valence-electron chi connectivity index (χ4n) is 3.86. The molecule has 144 valence electrons. The molecule has 1 aliphatic carbocycles. The van der Waals surface area contributed by atoms with Crippen LogP contribution in [0.25, 0.3) is 10.2 Å². The van der Waals surface area contributed by atoms with Crippen LogP contribution in [0, 0.1) is 11.6 Å². The number of benzene rings is 1. The number of nitrogens with one attached hydrogen (secondary N) is 1. The van der Waals surface area contributed by atoms with Crippen LogP contribution in [-0.2, 0) is 10.2 Å². The summed E-state index contributed by atoms with van der Waals surface area (Å²) in [6.45, 7) is 3.74. The highest BCUT2D eigenvalue weighted by Gasteiger charge is 2.51. The third-order valence-corrected chi connectivity index (χ3v) is 6.44. The first-order valence-corrected chi connectivity index (χ1v) is 9.83. The van der Waals surface area contributed by atoms with Gasteiger partial charge >= 0.3 is 0 Å². The second-order valence-electron chi connectivity index (χ2n) is 7.75. The zero-order valence-electron chi connectivity index (χ0n) is 15.2. The first-order chi connectivity index (χ1) is 13.3. The van der Waals surface area contributed by atoms with E-state index in [2.05, 4.69) is 20.3 Å². The molecule has 9 heteroatoms. The van der Waals surface area contributed by atoms with Gasteiger partial charge in [0, 0.05) is 30.5 Å². The number of hydrogen-bond donors (Lipinski definition) is 1. The molecule has 0 saturated heterocycles. The molecule has 28 heavy (non-hydrogen) atoms. The van der Waals surface area contributed by atoms with E-state index in [0.29, 0.717) is 26.9 Å². The molecule has 1 N–H and O–H groups in total. The van der Waals surface area contributed by atoms with Gasteiger partial charge in [-0.15, -0.1) is 0 Å². The third-order valence-electron chi connectivity index (χ3n) is 5.49. The van der Waals surface area contributed by atoms with E-state index in [9.17, 15) is 13.6 Å². The fraction of sp³-hybridized carbons (Fsp3) is 0.368. The Hall–Kier alpha value is -2.68. The number of thiazole rings is 1. The zero-order valence-corrected chi connectivity index (χ0v) is 16.1. The van der Waals surface area contributed by atoms with Crippen molar-refractivity contribution in [1.29, 1.82) is 0 Å². The molecule has 2 aromatic heterocycles. The molecule has 0 spiro atoms. The maximum Gasteiger partial charge on any atom is 0.240 e. The monoisotopic (exact) mass is 401 g/mol. The number of aromatic nitrogens is 3. The highest BCUT2D eigenvalue weighted by atomic mass is 32.1. The molecule has 1 saturated carbocycles. The lowest BCUT2D eigenvalue weighted by Gasteiger charge is -2.41. The average Bonchev–Trinajstić information content (AvgIpc) is 3.09. The van der Waals surface area contributed by atoms with Gasteiger partial charge in [0.2, 0.25) is 5.91 Å². The van der Waals surface area contributed by atoms with Crippen LogP contribution in [-0.4, -0.2) is 32.9 Å². The lowest BCUT2D eigenvalue weighted by atomic mass is 9.85. The Balaban J connectivity index is 1.31. The maximum atomic E-state index is 13.4. The van der Waals surface area contributed by atoms with Crippen molar-refractivity contribution in [2.24, 2.45) is 0 Å². The SMILES string of the molecule is CC1(C)C(=O)N(C2CC(Nc3nc4cc(F)c(F)cc4s3)C2)c2nccnc21. The van der Waals surface area contributed by atoms with Gasteiger partial charge in [-0.05, 0) is 32.8 Å². The standard InChI is InChI=1S/C19H17F2N5OS/c1-19(2)15-16(23-4-3-22-15)26(17(19)27)10-5-9(6-10)24-18-25-13-7-11(20)12(21)8-14(13)28-18/h3-4,7-10H,5-6H2,1-2H3,(H,24,25). The van der Waals surface area contributed by atoms with E-state index in [1.165, 1.54) is 11.3 Å². The van der Waals surface area contributed by atoms with Crippen molar-refractivity contribution in [2.75, 3.05) is 10.2 Å². The van der Waals surface area contributed by atoms with Crippen molar-refractivity contribution >= 4 is 38.4 Å². The first-order valence-electron chi connectivity index (χ1n) is 9.02. The minimum atomic E-state index is -0.900. The van der Waals surface area contributed by atoms with Gasteiger partial charge in [0.05, 0.1) is 21.3 Å². The topological polar surface area (TPSA) is 71.0 Å². The minimum absolute atomic E-state index is 0.0167. The van der Waals surface area contributed by atoms with E-state index in [1.54, 1.807) is 17.3 Å². The molecule has 3 heterocycles. The molecule has 2 aliphatic rings. The van der Waals surface area contributed by atoms with Crippen LogP contribution in [0.2, 0.25) is 0 Å². The Morgan fingerprint density at radius 2 is 1.89 bits per heavy atom. The van der Waals surface area contributed by atoms with E-state index in [-0.39, 0.29) is 18.0 Å². The first kappa shape index (κ1) is 17.4. The van der Waals surface area contributed by atoms with Crippen molar-refractivity contribution in [2.45, 2.75) is 44.2 Å². The summed E-state index contributed by atoms with van der Waals surface area (Å²) < 4.78 is 27.3. The van der Waals surface area contributed by atoms with Gasteiger partial charge in [-0.3, -0.25) is 14.7 Å². The van der Waals surface area contributed by atoms with Crippen molar-refractivity contribution in [1.82, 2.24) is 15.0 Å². The normalized spacial score (nSPS) is 23.0. The van der Waals surface area contributed by atoms with Gasteiger partial charge in [0.1, 0.15) is 0 Å². The fourth-order valence-corrected chi connectivity index (χ4v) is 4.81. The van der Waals surface area contributed by atoms with Crippen LogP contribution < -0.4 is 10.2 Å². The van der Waals surface area contributed by atoms with Crippen LogP contribution in [0.1, 0.15) is 32.4 Å². The van der Waals surface area contributed by atoms with Crippen molar-refractivity contribution in [3.63, 3.8) is 0 Å². The third kappa shape index (κ3) is 2.49. The van der Waals surface area contributed by atoms with Gasteiger partial charge in [-0.2, -0.15) is 0 Å². The number of amides is 1. The second-order valence-corrected chi connectivity index (χ2v) is 8.78. The lowest BCUT2D eigenvalue weighted by molar-refractivity contribution is -0.123. The smallest absolute Gasteiger partial charge is 0.240 e. The zero-order chi connectivity index (χ0) is 19.6. The van der Waals surface area contributed by atoms with Gasteiger partial charge in [0.25, 0.3) is 0 Å². The average molecular weight is 401 g/mol. The van der Waals surface area contributed by atoms with Gasteiger partial charge in [0.15, 0.2) is 22.6 Å². The summed E-state index contributed by atoms with van der Waals surface area (Å²) in [4.78, 5) is 27.8. The van der Waals surface area contributed by atoms with E-state index in [1.807, 2.05) is 13.8 Å². The maximum absolute atomic E-state index is 13.4. The molecule has 0 radical (unpaired) electrons. The molecule has 1 aliphatic heterocycles. The summed E-state index contributed by atoms with van der Waals surface area (Å²) in [6, 6.07) is 2.46. The van der Waals surface area contributed by atoms with Crippen LogP contribution in [0.15, 0.2) is 24.5 Å². The van der Waals surface area contributed by atoms with Crippen LogP contribution in [0.4, 0.5) is 19.7 Å². The highest BCUT2D eigenvalue weighted by molar-refractivity contribution is 7.22. The summed E-state index contributed by atoms with van der Waals surface area (Å²) in [5, 5.41) is 3.93. The van der Waals surface area contributed by atoms with Gasteiger partial charge in [-0.25, -0.2) is 18.7 Å². The molecule has 1 aromatic carbocycles. The number of hydrogen-bond acceptors (Lipinski definition) is 6. The predicted octanol–water partition coefficient (Wildman–Crippen LogP) is 3.63. The number of anilines is 2. The van der Waals surface area contributed by atoms with Crippen LogP contribution in [0.3, 0.4) is 0 Å². The van der Waals surface area contributed by atoms with E-state index >= 15 is 0 Å². The molecule has 0 atom stereocenters. The van der Waals surface area contributed by atoms with E-state index in [0.717, 1.165) is 25.0 Å². The highest BCUT2D eigenvalue weighted by Crippen LogP contribution is 2.43. The van der Waals surface area contributed by atoms with Gasteiger partial charge in [-0.1, -0.05) is 11.3 Å². The van der Waals surface area contributed by atoms with Crippen LogP contribution >= 0.6 is 11.3 Å². The molecule has 1 amide bonds. The van der Waals surface area contributed by atoms with Crippen molar-refractivity contribution < 1.29 is 13.6 Å². The van der Waals surface area contributed by atoms with Gasteiger partial charge < -0.3 is 5.32 Å². The summed E-state index contributed by atoms with van der Waals surface area (Å²) in [7, 11) is 0. The molecule has 3 aromatic rings. The Bertz CT molecular complexity index is 1070. The summed E-state index contributed by atoms with van der Waals surface area (Å²) in [5.74, 6) is -1.11. The van der Waals surface area contributed by atoms with Crippen molar-refractivity contribution in [3.8, 4) is 0 Å². The second kappa shape index (κ2) is 5.91. The number of halogens is 2. The molecule has 0 unspecified atom stereocenters. The van der Waals surface area contributed by atoms with E-state index < -0.39 is 17.0 Å². The molecular weight excluding hydrogens is 384 g/mol. The number of rotatable bonds is 3. The molecular formula is C19H17F2N5OS. The lowest BCUT2D eigenvalue weighted by Crippen LogP contribution is -2.53. The Morgan fingerprint density at radius 1 is 1.18 bits per heavy atom. The van der Waals surface area contributed by atoms with Crippen molar-refractivity contribution in [3.05, 3.63) is 41.9 Å². The number of carbonyl (C=O) groups is 1. The summed E-state index contributed by atoms with van der Waals surface area (Å²) in [6.07, 6.45) is 4.71. The quantitative estimate of drug-likeness (QED) is 0.726. The predicted molar refractivity (Wildman–Crippen MR) is 103 cm³/mol. The molecule has 1 fully saturated rings. The Morgan fingerprint density at radius 3 is 2.68 bits per heavy atom. The Labute approximate surface area is 163 Å². The summed E-state index contributed by atoms with van der Waals surface area (Å²) in [5.41, 5.74) is 0.470. The minimum Gasteiger partial charge on any atom is -0.359 e. The van der Waals surface area contributed by atoms with Crippen LogP contribution in [0.5, 0.6) is 0 Å². The van der Waals surface area contributed by atoms with E-state index in [4.69, 9.17) is 0 Å². The molecule has 0 bridgehead atoms. The largest absolute Gasteiger partial charge is 0.359 e. The molecule has 5 rings (SSSR count). The summed E-state index contributed by atoms with van der Waals surface area (Å²) >= 11 is 1.29.